The predicted molar refractivity (Wildman–Crippen MR) is 109 cm³/mol. The molecule has 0 saturated heterocycles. The van der Waals surface area contributed by atoms with Crippen LogP contribution in [0.5, 0.6) is 0 Å². The van der Waals surface area contributed by atoms with Crippen LogP contribution in [0.2, 0.25) is 0 Å². The molecule has 5 heteroatoms. The van der Waals surface area contributed by atoms with Gasteiger partial charge in [-0.25, -0.2) is 4.79 Å². The van der Waals surface area contributed by atoms with Crippen molar-refractivity contribution in [2.24, 2.45) is 0 Å². The minimum absolute atomic E-state index is 0.0262. The van der Waals surface area contributed by atoms with E-state index in [9.17, 15) is 9.59 Å². The number of hydrogen-bond donors (Lipinski definition) is 3. The number of unbranched alkanes of at least 4 members (excludes halogenated alkanes) is 2. The van der Waals surface area contributed by atoms with Crippen molar-refractivity contribution in [3.63, 3.8) is 0 Å². The predicted octanol–water partition coefficient (Wildman–Crippen LogP) is 3.70. The maximum atomic E-state index is 12.1. The maximum absolute atomic E-state index is 12.1. The number of amides is 3. The molecule has 3 amide bonds. The number of carbonyl (C=O) groups excluding carboxylic acids is 2. The fourth-order valence-electron chi connectivity index (χ4n) is 2.70. The van der Waals surface area contributed by atoms with Crippen molar-refractivity contribution < 1.29 is 9.59 Å². The van der Waals surface area contributed by atoms with Gasteiger partial charge in [0.2, 0.25) is 0 Å². The van der Waals surface area contributed by atoms with Crippen LogP contribution in [0.1, 0.15) is 46.3 Å². The molecule has 0 aliphatic carbocycles. The van der Waals surface area contributed by atoms with Crippen molar-refractivity contribution in [2.75, 3.05) is 13.1 Å². The van der Waals surface area contributed by atoms with Gasteiger partial charge in [0.15, 0.2) is 0 Å². The van der Waals surface area contributed by atoms with Crippen LogP contribution in [-0.4, -0.2) is 25.0 Å². The summed E-state index contributed by atoms with van der Waals surface area (Å²) in [6, 6.07) is 15.5. The Labute approximate surface area is 161 Å². The number of hydrogen-bond acceptors (Lipinski definition) is 2. The average Bonchev–Trinajstić information content (AvgIpc) is 2.67. The summed E-state index contributed by atoms with van der Waals surface area (Å²) in [4.78, 5) is 23.8. The molecule has 0 fully saturated rings. The highest BCUT2D eigenvalue weighted by atomic mass is 16.2. The smallest absolute Gasteiger partial charge is 0.315 e. The topological polar surface area (TPSA) is 70.2 Å². The number of rotatable bonds is 9. The first kappa shape index (κ1) is 20.5. The fourth-order valence-corrected chi connectivity index (χ4v) is 2.70. The molecule has 0 aliphatic rings. The largest absolute Gasteiger partial charge is 0.352 e. The van der Waals surface area contributed by atoms with Gasteiger partial charge in [-0.2, -0.15) is 0 Å². The first-order valence-corrected chi connectivity index (χ1v) is 9.47. The van der Waals surface area contributed by atoms with Crippen LogP contribution in [0, 0.1) is 13.8 Å². The lowest BCUT2D eigenvalue weighted by Gasteiger charge is -2.09. The van der Waals surface area contributed by atoms with E-state index >= 15 is 0 Å². The third-order valence-corrected chi connectivity index (χ3v) is 4.39. The van der Waals surface area contributed by atoms with Gasteiger partial charge in [-0.1, -0.05) is 48.0 Å². The van der Waals surface area contributed by atoms with Gasteiger partial charge in [0.25, 0.3) is 5.91 Å². The fraction of sp³-hybridized carbons (Fsp3) is 0.364. The first-order valence-electron chi connectivity index (χ1n) is 9.47. The molecule has 0 aromatic heterocycles. The highest BCUT2D eigenvalue weighted by Crippen LogP contribution is 2.06. The van der Waals surface area contributed by atoms with Crippen LogP contribution in [-0.2, 0) is 6.54 Å². The van der Waals surface area contributed by atoms with Gasteiger partial charge in [0.05, 0.1) is 0 Å². The van der Waals surface area contributed by atoms with Crippen molar-refractivity contribution in [1.29, 1.82) is 0 Å². The Bertz CT molecular complexity index is 741. The van der Waals surface area contributed by atoms with Gasteiger partial charge in [-0.3, -0.25) is 4.79 Å². The number of nitrogens with one attached hydrogen (secondary N) is 3. The van der Waals surface area contributed by atoms with Gasteiger partial charge >= 0.3 is 6.03 Å². The molecule has 0 radical (unpaired) electrons. The molecule has 0 heterocycles. The second kappa shape index (κ2) is 11.0. The van der Waals surface area contributed by atoms with Gasteiger partial charge in [-0.15, -0.1) is 0 Å². The Morgan fingerprint density at radius 2 is 1.44 bits per heavy atom. The van der Waals surface area contributed by atoms with E-state index in [1.54, 1.807) is 0 Å². The van der Waals surface area contributed by atoms with Gasteiger partial charge in [0.1, 0.15) is 0 Å². The van der Waals surface area contributed by atoms with Crippen LogP contribution in [0.4, 0.5) is 4.79 Å². The van der Waals surface area contributed by atoms with E-state index in [-0.39, 0.29) is 11.9 Å². The number of aryl methyl sites for hydroxylation is 2. The number of urea groups is 1. The van der Waals surface area contributed by atoms with Gasteiger partial charge in [-0.05, 0) is 50.3 Å². The molecule has 0 atom stereocenters. The molecule has 144 valence electrons. The molecule has 27 heavy (non-hydrogen) atoms. The lowest BCUT2D eigenvalue weighted by molar-refractivity contribution is 0.0952. The molecule has 2 aromatic rings. The monoisotopic (exact) mass is 367 g/mol. The molecular weight excluding hydrogens is 338 g/mol. The summed E-state index contributed by atoms with van der Waals surface area (Å²) < 4.78 is 0. The van der Waals surface area contributed by atoms with E-state index < -0.39 is 0 Å². The van der Waals surface area contributed by atoms with Crippen molar-refractivity contribution in [3.8, 4) is 0 Å². The van der Waals surface area contributed by atoms with E-state index in [1.165, 1.54) is 5.56 Å². The molecule has 5 nitrogen and oxygen atoms in total. The van der Waals surface area contributed by atoms with Crippen molar-refractivity contribution in [1.82, 2.24) is 16.0 Å². The summed E-state index contributed by atoms with van der Waals surface area (Å²) in [5.41, 5.74) is 4.00. The third kappa shape index (κ3) is 7.52. The summed E-state index contributed by atoms with van der Waals surface area (Å²) in [5.74, 6) is -0.0262. The Kier molecular flexibility index (Phi) is 8.36. The summed E-state index contributed by atoms with van der Waals surface area (Å²) in [7, 11) is 0. The minimum Gasteiger partial charge on any atom is -0.352 e. The molecule has 0 bridgehead atoms. The lowest BCUT2D eigenvalue weighted by atomic mass is 10.1. The van der Waals surface area contributed by atoms with E-state index in [1.807, 2.05) is 62.4 Å². The molecule has 3 N–H and O–H groups in total. The highest BCUT2D eigenvalue weighted by Gasteiger charge is 2.06. The van der Waals surface area contributed by atoms with E-state index in [2.05, 4.69) is 16.0 Å². The summed E-state index contributed by atoms with van der Waals surface area (Å²) in [6.45, 7) is 5.78. The molecule has 0 aliphatic heterocycles. The Balaban J connectivity index is 1.50. The van der Waals surface area contributed by atoms with Crippen LogP contribution >= 0.6 is 0 Å². The summed E-state index contributed by atoms with van der Waals surface area (Å²) >= 11 is 0. The summed E-state index contributed by atoms with van der Waals surface area (Å²) in [5, 5.41) is 8.65. The SMILES string of the molecule is Cc1ccc(CNC(=O)NCCCCCNC(=O)c2ccccc2C)cc1. The first-order chi connectivity index (χ1) is 13.1. The zero-order valence-corrected chi connectivity index (χ0v) is 16.2. The molecule has 0 saturated carbocycles. The summed E-state index contributed by atoms with van der Waals surface area (Å²) in [6.07, 6.45) is 2.73. The molecular formula is C22H29N3O2. The Hall–Kier alpha value is -2.82. The molecule has 2 aromatic carbocycles. The Morgan fingerprint density at radius 3 is 2.15 bits per heavy atom. The van der Waals surface area contributed by atoms with Gasteiger partial charge < -0.3 is 16.0 Å². The lowest BCUT2D eigenvalue weighted by Crippen LogP contribution is -2.35. The van der Waals surface area contributed by atoms with Crippen molar-refractivity contribution in [2.45, 2.75) is 39.7 Å². The quantitative estimate of drug-likeness (QED) is 0.592. The zero-order chi connectivity index (χ0) is 19.5. The maximum Gasteiger partial charge on any atom is 0.315 e. The number of carbonyl (C=O) groups is 2. The van der Waals surface area contributed by atoms with Crippen LogP contribution in [0.25, 0.3) is 0 Å². The average molecular weight is 367 g/mol. The zero-order valence-electron chi connectivity index (χ0n) is 16.2. The van der Waals surface area contributed by atoms with E-state index in [4.69, 9.17) is 0 Å². The second-order valence-corrected chi connectivity index (χ2v) is 6.73. The van der Waals surface area contributed by atoms with Crippen molar-refractivity contribution >= 4 is 11.9 Å². The van der Waals surface area contributed by atoms with Crippen molar-refractivity contribution in [3.05, 3.63) is 70.8 Å². The number of benzene rings is 2. The standard InChI is InChI=1S/C22H29N3O2/c1-17-10-12-19(13-11-17)16-25-22(27)24-15-7-3-6-14-23-21(26)20-9-5-4-8-18(20)2/h4-5,8-13H,3,6-7,14-16H2,1-2H3,(H,23,26)(H2,24,25,27). The second-order valence-electron chi connectivity index (χ2n) is 6.73. The van der Waals surface area contributed by atoms with Gasteiger partial charge in [0, 0.05) is 25.2 Å². The Morgan fingerprint density at radius 1 is 0.778 bits per heavy atom. The molecule has 0 unspecified atom stereocenters. The molecule has 2 rings (SSSR count). The molecule has 0 spiro atoms. The van der Waals surface area contributed by atoms with Crippen LogP contribution < -0.4 is 16.0 Å². The van der Waals surface area contributed by atoms with Crippen LogP contribution in [0.15, 0.2) is 48.5 Å². The third-order valence-electron chi connectivity index (χ3n) is 4.39. The van der Waals surface area contributed by atoms with E-state index in [0.717, 1.165) is 36.0 Å². The minimum atomic E-state index is -0.150. The van der Waals surface area contributed by atoms with E-state index in [0.29, 0.717) is 19.6 Å². The highest BCUT2D eigenvalue weighted by molar-refractivity contribution is 5.95. The van der Waals surface area contributed by atoms with Crippen LogP contribution in [0.3, 0.4) is 0 Å². The normalized spacial score (nSPS) is 10.3.